The Kier molecular flexibility index (Phi) is 6.66. The van der Waals surface area contributed by atoms with Gasteiger partial charge in [0.25, 0.3) is 5.56 Å². The standard InChI is InChI=1S/C27H23N3O3S2/c1-17(18-7-4-3-5-8-18)15-30-26(32)24-23(21-9-6-14-28-25(21)35-24)29-27(30)34-16-22(31)19-10-12-20(33-2)13-11-19/h3-14,17H,15-16H2,1-2H3. The summed E-state index contributed by atoms with van der Waals surface area (Å²) in [6.07, 6.45) is 1.72. The van der Waals surface area contributed by atoms with Gasteiger partial charge < -0.3 is 4.74 Å². The molecule has 1 atom stereocenters. The minimum atomic E-state index is -0.0971. The molecule has 0 aliphatic rings. The van der Waals surface area contributed by atoms with Gasteiger partial charge in [-0.25, -0.2) is 9.97 Å². The predicted octanol–water partition coefficient (Wildman–Crippen LogP) is 5.79. The van der Waals surface area contributed by atoms with Crippen molar-refractivity contribution < 1.29 is 9.53 Å². The van der Waals surface area contributed by atoms with Crippen molar-refractivity contribution in [1.82, 2.24) is 14.5 Å². The quantitative estimate of drug-likeness (QED) is 0.152. The zero-order chi connectivity index (χ0) is 24.4. The highest BCUT2D eigenvalue weighted by atomic mass is 32.2. The number of rotatable bonds is 8. The normalized spacial score (nSPS) is 12.2. The largest absolute Gasteiger partial charge is 0.497 e. The van der Waals surface area contributed by atoms with Crippen LogP contribution in [-0.4, -0.2) is 33.2 Å². The molecule has 5 aromatic rings. The number of hydrogen-bond acceptors (Lipinski definition) is 7. The number of carbonyl (C=O) groups is 1. The van der Waals surface area contributed by atoms with Crippen molar-refractivity contribution in [2.75, 3.05) is 12.9 Å². The van der Waals surface area contributed by atoms with Crippen molar-refractivity contribution in [3.05, 3.63) is 94.4 Å². The number of fused-ring (bicyclic) bond motifs is 3. The van der Waals surface area contributed by atoms with Crippen molar-refractivity contribution in [3.63, 3.8) is 0 Å². The van der Waals surface area contributed by atoms with Crippen molar-refractivity contribution in [1.29, 1.82) is 0 Å². The van der Waals surface area contributed by atoms with Crippen molar-refractivity contribution in [2.24, 2.45) is 0 Å². The Hall–Kier alpha value is -3.49. The molecule has 0 aliphatic heterocycles. The third-order valence-electron chi connectivity index (χ3n) is 5.89. The smallest absolute Gasteiger partial charge is 0.272 e. The SMILES string of the molecule is COc1ccc(C(=O)CSc2nc3c(sc4ncccc43)c(=O)n2CC(C)c2ccccc2)cc1. The number of Topliss-reactive ketones (excluding diaryl/α,β-unsaturated/α-hetero) is 1. The number of ether oxygens (including phenoxy) is 1. The van der Waals surface area contributed by atoms with Crippen LogP contribution in [0.2, 0.25) is 0 Å². The van der Waals surface area contributed by atoms with E-state index in [1.807, 2.05) is 30.3 Å². The maximum Gasteiger partial charge on any atom is 0.272 e. The van der Waals surface area contributed by atoms with E-state index in [4.69, 9.17) is 9.72 Å². The number of nitrogens with zero attached hydrogens (tertiary/aromatic N) is 3. The average molecular weight is 502 g/mol. The zero-order valence-corrected chi connectivity index (χ0v) is 20.9. The molecule has 35 heavy (non-hydrogen) atoms. The van der Waals surface area contributed by atoms with Gasteiger partial charge in [-0.2, -0.15) is 0 Å². The van der Waals surface area contributed by atoms with E-state index in [1.165, 1.54) is 23.1 Å². The van der Waals surface area contributed by atoms with Crippen LogP contribution in [0, 0.1) is 0 Å². The number of methoxy groups -OCH3 is 1. The van der Waals surface area contributed by atoms with E-state index in [2.05, 4.69) is 24.0 Å². The Morgan fingerprint density at radius 1 is 1.09 bits per heavy atom. The zero-order valence-electron chi connectivity index (χ0n) is 19.3. The number of pyridine rings is 1. The molecule has 0 aliphatic carbocycles. The molecule has 0 spiro atoms. The van der Waals surface area contributed by atoms with Gasteiger partial charge in [-0.3, -0.25) is 14.2 Å². The highest BCUT2D eigenvalue weighted by molar-refractivity contribution is 7.99. The van der Waals surface area contributed by atoms with Crippen molar-refractivity contribution in [3.8, 4) is 5.75 Å². The number of aromatic nitrogens is 3. The summed E-state index contributed by atoms with van der Waals surface area (Å²) in [6.45, 7) is 2.56. The Morgan fingerprint density at radius 3 is 2.60 bits per heavy atom. The van der Waals surface area contributed by atoms with E-state index in [-0.39, 0.29) is 23.0 Å². The number of benzene rings is 2. The van der Waals surface area contributed by atoms with E-state index in [1.54, 1.807) is 42.1 Å². The molecule has 0 bridgehead atoms. The van der Waals surface area contributed by atoms with Gasteiger partial charge in [-0.1, -0.05) is 49.0 Å². The van der Waals surface area contributed by atoms with Crippen LogP contribution >= 0.6 is 23.1 Å². The molecule has 0 N–H and O–H groups in total. The minimum absolute atomic E-state index is 0.0356. The van der Waals surface area contributed by atoms with Gasteiger partial charge in [-0.05, 0) is 47.9 Å². The summed E-state index contributed by atoms with van der Waals surface area (Å²) in [5.41, 5.74) is 2.28. The Balaban J connectivity index is 1.52. The van der Waals surface area contributed by atoms with E-state index in [9.17, 15) is 9.59 Å². The molecule has 2 aromatic carbocycles. The van der Waals surface area contributed by atoms with Gasteiger partial charge in [0.15, 0.2) is 10.9 Å². The number of thiophene rings is 1. The summed E-state index contributed by atoms with van der Waals surface area (Å²) in [5, 5.41) is 1.40. The van der Waals surface area contributed by atoms with Crippen LogP contribution in [0.3, 0.4) is 0 Å². The lowest BCUT2D eigenvalue weighted by Crippen LogP contribution is -2.25. The van der Waals surface area contributed by atoms with Crippen LogP contribution in [0.5, 0.6) is 5.75 Å². The monoisotopic (exact) mass is 501 g/mol. The van der Waals surface area contributed by atoms with Gasteiger partial charge in [-0.15, -0.1) is 11.3 Å². The minimum Gasteiger partial charge on any atom is -0.497 e. The first kappa shape index (κ1) is 23.3. The second kappa shape index (κ2) is 10.0. The molecule has 5 rings (SSSR count). The molecule has 6 nitrogen and oxygen atoms in total. The number of carbonyl (C=O) groups excluding carboxylic acids is 1. The lowest BCUT2D eigenvalue weighted by Gasteiger charge is -2.17. The first-order chi connectivity index (χ1) is 17.0. The molecular formula is C27H23N3O3S2. The van der Waals surface area contributed by atoms with Crippen LogP contribution in [-0.2, 0) is 6.54 Å². The van der Waals surface area contributed by atoms with Crippen molar-refractivity contribution in [2.45, 2.75) is 24.5 Å². The molecule has 0 saturated carbocycles. The molecule has 3 heterocycles. The molecule has 176 valence electrons. The van der Waals surface area contributed by atoms with Gasteiger partial charge in [0.05, 0.1) is 18.4 Å². The molecule has 3 aromatic heterocycles. The lowest BCUT2D eigenvalue weighted by molar-refractivity contribution is 0.102. The third-order valence-corrected chi connectivity index (χ3v) is 7.95. The molecule has 0 radical (unpaired) electrons. The summed E-state index contributed by atoms with van der Waals surface area (Å²) in [6, 6.07) is 20.9. The highest BCUT2D eigenvalue weighted by Gasteiger charge is 2.20. The van der Waals surface area contributed by atoms with Crippen LogP contribution < -0.4 is 10.3 Å². The fourth-order valence-electron chi connectivity index (χ4n) is 3.96. The second-order valence-corrected chi connectivity index (χ2v) is 10.1. The van der Waals surface area contributed by atoms with E-state index >= 15 is 0 Å². The summed E-state index contributed by atoms with van der Waals surface area (Å²) in [7, 11) is 1.59. The lowest BCUT2D eigenvalue weighted by atomic mass is 10.0. The summed E-state index contributed by atoms with van der Waals surface area (Å²) in [4.78, 5) is 36.6. The van der Waals surface area contributed by atoms with Crippen LogP contribution in [0.4, 0.5) is 0 Å². The topological polar surface area (TPSA) is 74.1 Å². The highest BCUT2D eigenvalue weighted by Crippen LogP contribution is 2.31. The van der Waals surface area contributed by atoms with Crippen molar-refractivity contribution >= 4 is 49.3 Å². The molecule has 0 fully saturated rings. The van der Waals surface area contributed by atoms with E-state index in [0.717, 1.165) is 15.8 Å². The Morgan fingerprint density at radius 2 is 1.86 bits per heavy atom. The van der Waals surface area contributed by atoms with Gasteiger partial charge >= 0.3 is 0 Å². The van der Waals surface area contributed by atoms with Crippen LogP contribution in [0.15, 0.2) is 82.9 Å². The molecule has 0 amide bonds. The number of hydrogen-bond donors (Lipinski definition) is 0. The molecule has 8 heteroatoms. The second-order valence-electron chi connectivity index (χ2n) is 8.20. The number of ketones is 1. The predicted molar refractivity (Wildman–Crippen MR) is 142 cm³/mol. The maximum absolute atomic E-state index is 13.7. The fraction of sp³-hybridized carbons (Fsp3) is 0.185. The summed E-state index contributed by atoms with van der Waals surface area (Å²) >= 11 is 2.66. The first-order valence-corrected chi connectivity index (χ1v) is 13.0. The average Bonchev–Trinajstić information content (AvgIpc) is 3.28. The maximum atomic E-state index is 13.7. The van der Waals surface area contributed by atoms with Crippen LogP contribution in [0.1, 0.15) is 28.8 Å². The van der Waals surface area contributed by atoms with E-state index < -0.39 is 0 Å². The number of thioether (sulfide) groups is 1. The Labute approximate surface area is 210 Å². The summed E-state index contributed by atoms with van der Waals surface area (Å²) < 4.78 is 7.48. The van der Waals surface area contributed by atoms with Gasteiger partial charge in [0, 0.05) is 23.7 Å². The first-order valence-electron chi connectivity index (χ1n) is 11.2. The van der Waals surface area contributed by atoms with E-state index in [0.29, 0.717) is 33.2 Å². The van der Waals surface area contributed by atoms with Gasteiger partial charge in [0.1, 0.15) is 15.3 Å². The summed E-state index contributed by atoms with van der Waals surface area (Å²) in [5.74, 6) is 0.927. The molecular weight excluding hydrogens is 478 g/mol. The Bertz CT molecular complexity index is 1560. The molecule has 1 unspecified atom stereocenters. The van der Waals surface area contributed by atoms with Crippen LogP contribution in [0.25, 0.3) is 20.4 Å². The third kappa shape index (κ3) is 4.72. The fourth-order valence-corrected chi connectivity index (χ4v) is 5.89. The molecule has 0 saturated heterocycles. The van der Waals surface area contributed by atoms with Gasteiger partial charge in [0.2, 0.25) is 0 Å².